The van der Waals surface area contributed by atoms with Crippen molar-refractivity contribution in [2.24, 2.45) is 0 Å². The highest BCUT2D eigenvalue weighted by atomic mass is 19.4. The molecule has 0 fully saturated rings. The highest BCUT2D eigenvalue weighted by Gasteiger charge is 2.02. The number of ether oxygens (including phenoxy) is 1. The van der Waals surface area contributed by atoms with Crippen molar-refractivity contribution in [2.75, 3.05) is 13.2 Å². The van der Waals surface area contributed by atoms with Crippen LogP contribution < -0.4 is 0 Å². The van der Waals surface area contributed by atoms with Crippen LogP contribution in [-0.2, 0) is 9.53 Å². The van der Waals surface area contributed by atoms with Gasteiger partial charge in [-0.1, -0.05) is 6.58 Å². The first kappa shape index (κ1) is 13.0. The quantitative estimate of drug-likeness (QED) is 0.278. The molecule has 0 radical (unpaired) electrons. The van der Waals surface area contributed by atoms with Gasteiger partial charge < -0.3 is 4.74 Å². The van der Waals surface area contributed by atoms with Gasteiger partial charge in [0, 0.05) is 10.9 Å². The van der Waals surface area contributed by atoms with Crippen molar-refractivity contribution in [1.29, 1.82) is 0 Å². The Morgan fingerprint density at radius 1 is 1.36 bits per heavy atom. The molecule has 0 saturated carbocycles. The Kier molecular flexibility index (Phi) is 6.92. The Bertz CT molecular complexity index is 195. The Balaban J connectivity index is 3.22. The van der Waals surface area contributed by atoms with E-state index in [9.17, 15) is 13.8 Å². The van der Waals surface area contributed by atoms with Crippen molar-refractivity contribution >= 4 is 5.97 Å². The molecule has 0 heterocycles. The molecular formula is C9H15F2NO2. The van der Waals surface area contributed by atoms with Crippen LogP contribution in [-0.4, -0.2) is 24.5 Å². The molecule has 0 aliphatic heterocycles. The molecular weight excluding hydrogens is 192 g/mol. The molecule has 5 heteroatoms. The average Bonchev–Trinajstić information content (AvgIpc) is 2.09. The molecule has 0 aliphatic rings. The topological polar surface area (TPSA) is 29.5 Å². The van der Waals surface area contributed by atoms with Crippen LogP contribution in [0.4, 0.5) is 8.96 Å². The maximum Gasteiger partial charge on any atom is 0.333 e. The van der Waals surface area contributed by atoms with E-state index >= 15 is 0 Å². The van der Waals surface area contributed by atoms with Crippen LogP contribution in [0.5, 0.6) is 0 Å². The molecule has 0 saturated heterocycles. The summed E-state index contributed by atoms with van der Waals surface area (Å²) in [5.41, 5.74) is 0.351. The first-order chi connectivity index (χ1) is 6.54. The average molecular weight is 207 g/mol. The summed E-state index contributed by atoms with van der Waals surface area (Å²) in [5.74, 6) is -0.428. The Hall–Kier alpha value is -0.970. The monoisotopic (exact) mass is 207 g/mol. The molecule has 3 nitrogen and oxygen atoms in total. The minimum Gasteiger partial charge on any atom is -0.462 e. The molecule has 0 amide bonds. The number of halogens is 2. The molecule has 0 aromatic rings. The van der Waals surface area contributed by atoms with Crippen LogP contribution >= 0.6 is 0 Å². The highest BCUT2D eigenvalue weighted by molar-refractivity contribution is 5.86. The van der Waals surface area contributed by atoms with E-state index in [-0.39, 0.29) is 13.2 Å². The molecule has 14 heavy (non-hydrogen) atoms. The van der Waals surface area contributed by atoms with Crippen LogP contribution in [0, 0.1) is 0 Å². The van der Waals surface area contributed by atoms with E-state index in [2.05, 4.69) is 6.58 Å². The zero-order chi connectivity index (χ0) is 11.0. The lowest BCUT2D eigenvalue weighted by molar-refractivity contribution is -0.153. The number of rotatable bonds is 7. The van der Waals surface area contributed by atoms with Gasteiger partial charge in [-0.3, -0.25) is 0 Å². The molecule has 0 aliphatic carbocycles. The summed E-state index contributed by atoms with van der Waals surface area (Å²) in [4.78, 5) is 10.8. The molecule has 0 spiro atoms. The largest absolute Gasteiger partial charge is 0.462 e. The summed E-state index contributed by atoms with van der Waals surface area (Å²) in [5, 5.41) is -0.847. The van der Waals surface area contributed by atoms with E-state index in [4.69, 9.17) is 4.74 Å². The molecule has 0 aromatic carbocycles. The molecule has 82 valence electrons. The van der Waals surface area contributed by atoms with Crippen molar-refractivity contribution in [3.8, 4) is 0 Å². The number of hydrogen-bond donors (Lipinski definition) is 0. The summed E-state index contributed by atoms with van der Waals surface area (Å²) >= 11 is 0. The Morgan fingerprint density at radius 3 is 2.50 bits per heavy atom. The lowest BCUT2D eigenvalue weighted by Crippen LogP contribution is -2.07. The fourth-order valence-corrected chi connectivity index (χ4v) is 0.798. The zero-order valence-corrected chi connectivity index (χ0v) is 8.26. The van der Waals surface area contributed by atoms with Gasteiger partial charge >= 0.3 is 5.97 Å². The van der Waals surface area contributed by atoms with E-state index in [1.165, 1.54) is 0 Å². The first-order valence-electron chi connectivity index (χ1n) is 4.45. The SMILES string of the molecule is C=C(C)C(=O)OCCCCCN(F)F. The predicted molar refractivity (Wildman–Crippen MR) is 48.5 cm³/mol. The second-order valence-corrected chi connectivity index (χ2v) is 3.00. The summed E-state index contributed by atoms with van der Waals surface area (Å²) in [6.07, 6.45) is 1.62. The third-order valence-corrected chi connectivity index (χ3v) is 1.55. The fourth-order valence-electron chi connectivity index (χ4n) is 0.798. The minimum absolute atomic E-state index is 0.242. The number of unbranched alkanes of at least 4 members (excludes halogenated alkanes) is 2. The van der Waals surface area contributed by atoms with Crippen LogP contribution in [0.3, 0.4) is 0 Å². The lowest BCUT2D eigenvalue weighted by atomic mass is 10.2. The normalized spacial score (nSPS) is 10.3. The standard InChI is InChI=1S/C9H15F2NO2/c1-8(2)9(13)14-7-5-3-4-6-12(10)11/h1,3-7H2,2H3. The van der Waals surface area contributed by atoms with Crippen molar-refractivity contribution in [3.05, 3.63) is 12.2 Å². The van der Waals surface area contributed by atoms with Gasteiger partial charge in [0.1, 0.15) is 0 Å². The molecule has 0 atom stereocenters. The van der Waals surface area contributed by atoms with Gasteiger partial charge in [-0.15, -0.1) is 8.96 Å². The van der Waals surface area contributed by atoms with Gasteiger partial charge in [0.15, 0.2) is 0 Å². The van der Waals surface area contributed by atoms with Gasteiger partial charge in [0.05, 0.1) is 13.2 Å². The first-order valence-corrected chi connectivity index (χ1v) is 4.45. The van der Waals surface area contributed by atoms with Crippen molar-refractivity contribution < 1.29 is 18.5 Å². The highest BCUT2D eigenvalue weighted by Crippen LogP contribution is 2.01. The Labute approximate surface area is 82.2 Å². The van der Waals surface area contributed by atoms with Crippen molar-refractivity contribution in [3.63, 3.8) is 0 Å². The number of hydrogen-bond acceptors (Lipinski definition) is 3. The van der Waals surface area contributed by atoms with E-state index < -0.39 is 11.3 Å². The van der Waals surface area contributed by atoms with Crippen LogP contribution in [0.25, 0.3) is 0 Å². The summed E-state index contributed by atoms with van der Waals surface area (Å²) in [6, 6.07) is 0. The third kappa shape index (κ3) is 7.67. The molecule has 0 aromatic heterocycles. The molecule has 0 unspecified atom stereocenters. The van der Waals surface area contributed by atoms with E-state index in [1.807, 2.05) is 0 Å². The van der Waals surface area contributed by atoms with Crippen molar-refractivity contribution in [1.82, 2.24) is 5.34 Å². The number of carbonyl (C=O) groups excluding carboxylic acids is 1. The maximum atomic E-state index is 11.5. The second-order valence-electron chi connectivity index (χ2n) is 3.00. The summed E-state index contributed by atoms with van der Waals surface area (Å²) in [6.45, 7) is 5.00. The van der Waals surface area contributed by atoms with Crippen LogP contribution in [0.15, 0.2) is 12.2 Å². The molecule has 0 rings (SSSR count). The van der Waals surface area contributed by atoms with Crippen LogP contribution in [0.1, 0.15) is 26.2 Å². The number of esters is 1. The minimum atomic E-state index is -0.847. The summed E-state index contributed by atoms with van der Waals surface area (Å²) in [7, 11) is 0. The molecule has 0 N–H and O–H groups in total. The van der Waals surface area contributed by atoms with Gasteiger partial charge in [0.25, 0.3) is 0 Å². The number of carbonyl (C=O) groups is 1. The predicted octanol–water partition coefficient (Wildman–Crippen LogP) is 2.35. The molecule has 0 bridgehead atoms. The maximum absolute atomic E-state index is 11.5. The van der Waals surface area contributed by atoms with E-state index in [0.717, 1.165) is 0 Å². The lowest BCUT2D eigenvalue weighted by Gasteiger charge is -2.04. The van der Waals surface area contributed by atoms with Crippen LogP contribution in [0.2, 0.25) is 0 Å². The fraction of sp³-hybridized carbons (Fsp3) is 0.667. The van der Waals surface area contributed by atoms with Crippen molar-refractivity contribution in [2.45, 2.75) is 26.2 Å². The second kappa shape index (κ2) is 7.44. The van der Waals surface area contributed by atoms with Gasteiger partial charge in [-0.25, -0.2) is 4.79 Å². The smallest absolute Gasteiger partial charge is 0.333 e. The van der Waals surface area contributed by atoms with E-state index in [1.54, 1.807) is 6.92 Å². The van der Waals surface area contributed by atoms with Gasteiger partial charge in [-0.05, 0) is 26.2 Å². The Morgan fingerprint density at radius 2 is 2.00 bits per heavy atom. The zero-order valence-electron chi connectivity index (χ0n) is 8.26. The third-order valence-electron chi connectivity index (χ3n) is 1.55. The summed E-state index contributed by atoms with van der Waals surface area (Å²) < 4.78 is 27.8. The number of nitrogens with zero attached hydrogens (tertiary/aromatic N) is 1. The van der Waals surface area contributed by atoms with Gasteiger partial charge in [0.2, 0.25) is 0 Å². The van der Waals surface area contributed by atoms with Gasteiger partial charge in [-0.2, -0.15) is 0 Å². The van der Waals surface area contributed by atoms with E-state index in [0.29, 0.717) is 24.8 Å².